The second-order valence-corrected chi connectivity index (χ2v) is 4.68. The molecule has 2 heterocycles. The van der Waals surface area contributed by atoms with E-state index >= 15 is 0 Å². The Balaban J connectivity index is 2.23. The number of hydrogen-bond donors (Lipinski definition) is 0. The van der Waals surface area contributed by atoms with E-state index in [2.05, 4.69) is 4.98 Å². The number of oxazole rings is 1. The topological polar surface area (TPSA) is 113 Å². The highest BCUT2D eigenvalue weighted by Gasteiger charge is 2.17. The second kappa shape index (κ2) is 4.65. The van der Waals surface area contributed by atoms with Crippen molar-refractivity contribution in [3.05, 3.63) is 55.2 Å². The lowest BCUT2D eigenvalue weighted by atomic mass is 10.2. The van der Waals surface area contributed by atoms with E-state index in [0.717, 1.165) is 4.57 Å². The molecule has 3 aromatic rings. The summed E-state index contributed by atoms with van der Waals surface area (Å²) < 4.78 is 7.58. The summed E-state index contributed by atoms with van der Waals surface area (Å²) in [4.78, 5) is 38.1. The first-order valence-electron chi connectivity index (χ1n) is 6.21. The average Bonchev–Trinajstić information content (AvgIpc) is 2.96. The van der Waals surface area contributed by atoms with Crippen molar-refractivity contribution in [1.82, 2.24) is 14.1 Å². The van der Waals surface area contributed by atoms with Crippen molar-refractivity contribution >= 4 is 16.9 Å². The van der Waals surface area contributed by atoms with E-state index in [-0.39, 0.29) is 22.8 Å². The number of rotatable bonds is 2. The smallest absolute Gasteiger partial charge is 0.333 e. The van der Waals surface area contributed by atoms with Gasteiger partial charge in [-0.2, -0.15) is 0 Å². The molecule has 0 atom stereocenters. The first-order chi connectivity index (χ1) is 10.4. The van der Waals surface area contributed by atoms with Gasteiger partial charge in [-0.1, -0.05) is 0 Å². The molecule has 0 spiro atoms. The van der Waals surface area contributed by atoms with E-state index in [1.807, 2.05) is 0 Å². The molecule has 0 saturated heterocycles. The Bertz CT molecular complexity index is 1010. The van der Waals surface area contributed by atoms with Gasteiger partial charge in [0.15, 0.2) is 5.52 Å². The van der Waals surface area contributed by atoms with Crippen LogP contribution < -0.4 is 11.2 Å². The highest BCUT2D eigenvalue weighted by atomic mass is 16.6. The van der Waals surface area contributed by atoms with Gasteiger partial charge in [-0.15, -0.1) is 0 Å². The minimum Gasteiger partial charge on any atom is -0.419 e. The van der Waals surface area contributed by atoms with Crippen LogP contribution in [0.15, 0.2) is 38.3 Å². The van der Waals surface area contributed by atoms with Crippen LogP contribution in [-0.4, -0.2) is 19.0 Å². The molecule has 1 aromatic carbocycles. The normalized spacial score (nSPS) is 11.0. The molecule has 0 fully saturated rings. The Labute approximate surface area is 122 Å². The Kier molecular flexibility index (Phi) is 2.91. The van der Waals surface area contributed by atoms with Gasteiger partial charge < -0.3 is 4.42 Å². The van der Waals surface area contributed by atoms with Crippen molar-refractivity contribution in [2.24, 2.45) is 14.1 Å². The fourth-order valence-corrected chi connectivity index (χ4v) is 2.09. The molecule has 9 heteroatoms. The van der Waals surface area contributed by atoms with Gasteiger partial charge in [0, 0.05) is 31.8 Å². The fraction of sp³-hybridized carbons (Fsp3) is 0.154. The zero-order valence-corrected chi connectivity index (χ0v) is 11.6. The maximum absolute atomic E-state index is 12.0. The molecule has 112 valence electrons. The quantitative estimate of drug-likeness (QED) is 0.511. The van der Waals surface area contributed by atoms with Gasteiger partial charge in [-0.3, -0.25) is 24.0 Å². The number of nitrogens with zero attached hydrogens (tertiary/aromatic N) is 4. The van der Waals surface area contributed by atoms with Crippen LogP contribution in [0, 0.1) is 10.1 Å². The lowest BCUT2D eigenvalue weighted by Crippen LogP contribution is -2.36. The Hall–Kier alpha value is -3.23. The summed E-state index contributed by atoms with van der Waals surface area (Å²) in [5, 5.41) is 10.6. The summed E-state index contributed by atoms with van der Waals surface area (Å²) in [6, 6.07) is 5.54. The summed E-state index contributed by atoms with van der Waals surface area (Å²) in [5.74, 6) is 0.114. The van der Waals surface area contributed by atoms with E-state index in [9.17, 15) is 19.7 Å². The van der Waals surface area contributed by atoms with E-state index < -0.39 is 16.2 Å². The van der Waals surface area contributed by atoms with Gasteiger partial charge in [0.1, 0.15) is 0 Å². The van der Waals surface area contributed by atoms with E-state index in [0.29, 0.717) is 5.56 Å². The van der Waals surface area contributed by atoms with Gasteiger partial charge in [-0.05, 0) is 12.1 Å². The van der Waals surface area contributed by atoms with Gasteiger partial charge in [0.05, 0.1) is 4.92 Å². The lowest BCUT2D eigenvalue weighted by Gasteiger charge is -1.99. The highest BCUT2D eigenvalue weighted by Crippen LogP contribution is 2.23. The van der Waals surface area contributed by atoms with Crippen LogP contribution in [0.25, 0.3) is 22.7 Å². The predicted molar refractivity (Wildman–Crippen MR) is 76.6 cm³/mol. The summed E-state index contributed by atoms with van der Waals surface area (Å²) in [6.07, 6.45) is 0. The number of aryl methyl sites for hydroxylation is 1. The molecule has 0 aliphatic heterocycles. The minimum absolute atomic E-state index is 0.0259. The molecule has 0 aliphatic carbocycles. The van der Waals surface area contributed by atoms with Crippen molar-refractivity contribution in [2.45, 2.75) is 0 Å². The van der Waals surface area contributed by atoms with Crippen LogP contribution in [0.5, 0.6) is 0 Å². The maximum atomic E-state index is 12.0. The first-order valence-corrected chi connectivity index (χ1v) is 6.21. The lowest BCUT2D eigenvalue weighted by molar-refractivity contribution is -0.384. The van der Waals surface area contributed by atoms with Crippen LogP contribution in [0.3, 0.4) is 0 Å². The van der Waals surface area contributed by atoms with Crippen LogP contribution in [0.4, 0.5) is 5.69 Å². The summed E-state index contributed by atoms with van der Waals surface area (Å²) in [7, 11) is 2.82. The van der Waals surface area contributed by atoms with E-state index in [4.69, 9.17) is 4.42 Å². The Morgan fingerprint density at radius 2 is 1.77 bits per heavy atom. The van der Waals surface area contributed by atoms with E-state index in [1.165, 1.54) is 42.9 Å². The van der Waals surface area contributed by atoms with Crippen molar-refractivity contribution in [3.8, 4) is 11.5 Å². The number of benzene rings is 1. The molecule has 0 radical (unpaired) electrons. The molecule has 0 unspecified atom stereocenters. The zero-order chi connectivity index (χ0) is 16.0. The van der Waals surface area contributed by atoms with Crippen LogP contribution >= 0.6 is 0 Å². The molecule has 2 aromatic heterocycles. The third-order valence-corrected chi connectivity index (χ3v) is 3.32. The van der Waals surface area contributed by atoms with E-state index in [1.54, 1.807) is 0 Å². The minimum atomic E-state index is -0.560. The molecule has 0 saturated carbocycles. The molecule has 0 aliphatic rings. The third kappa shape index (κ3) is 1.91. The maximum Gasteiger partial charge on any atom is 0.333 e. The molecule has 0 N–H and O–H groups in total. The zero-order valence-electron chi connectivity index (χ0n) is 11.6. The summed E-state index contributed by atoms with van der Waals surface area (Å²) >= 11 is 0. The van der Waals surface area contributed by atoms with Crippen molar-refractivity contribution < 1.29 is 9.34 Å². The van der Waals surface area contributed by atoms with Crippen LogP contribution in [0.2, 0.25) is 0 Å². The van der Waals surface area contributed by atoms with Gasteiger partial charge in [-0.25, -0.2) is 9.78 Å². The molecular formula is C13H10N4O5. The SMILES string of the molecule is Cn1c(=O)c2nc(-c3ccc([N+](=O)[O-])cc3)oc2n(C)c1=O. The van der Waals surface area contributed by atoms with Crippen molar-refractivity contribution in [3.63, 3.8) is 0 Å². The summed E-state index contributed by atoms with van der Waals surface area (Å²) in [6.45, 7) is 0. The molecule has 3 rings (SSSR count). The molecule has 22 heavy (non-hydrogen) atoms. The number of nitro groups is 1. The Morgan fingerprint density at radius 1 is 1.14 bits per heavy atom. The van der Waals surface area contributed by atoms with Crippen LogP contribution in [-0.2, 0) is 14.1 Å². The predicted octanol–water partition coefficient (Wildman–Crippen LogP) is 0.800. The molecule has 0 bridgehead atoms. The highest BCUT2D eigenvalue weighted by molar-refractivity contribution is 5.72. The van der Waals surface area contributed by atoms with Crippen molar-refractivity contribution in [2.75, 3.05) is 0 Å². The van der Waals surface area contributed by atoms with Gasteiger partial charge >= 0.3 is 5.69 Å². The van der Waals surface area contributed by atoms with Gasteiger partial charge in [0.25, 0.3) is 11.2 Å². The monoisotopic (exact) mass is 302 g/mol. The Morgan fingerprint density at radius 3 is 2.36 bits per heavy atom. The van der Waals surface area contributed by atoms with Crippen molar-refractivity contribution in [1.29, 1.82) is 0 Å². The largest absolute Gasteiger partial charge is 0.419 e. The average molecular weight is 302 g/mol. The number of non-ortho nitro benzene ring substituents is 1. The summed E-state index contributed by atoms with van der Waals surface area (Å²) in [5.41, 5.74) is -0.599. The third-order valence-electron chi connectivity index (χ3n) is 3.32. The van der Waals surface area contributed by atoms with Crippen LogP contribution in [0.1, 0.15) is 0 Å². The molecule has 9 nitrogen and oxygen atoms in total. The molecular weight excluding hydrogens is 292 g/mol. The van der Waals surface area contributed by atoms with Gasteiger partial charge in [0.2, 0.25) is 11.6 Å². The second-order valence-electron chi connectivity index (χ2n) is 4.68. The molecule has 0 amide bonds. The number of aromatic nitrogens is 3. The first kappa shape index (κ1) is 13.7. The number of hydrogen-bond acceptors (Lipinski definition) is 6. The number of fused-ring (bicyclic) bond motifs is 1. The standard InChI is InChI=1S/C13H10N4O5/c1-15-11(18)9-12(16(2)13(15)19)22-10(14-9)7-3-5-8(6-4-7)17(20)21/h3-6H,1-2H3. The number of nitro benzene ring substituents is 1. The fourth-order valence-electron chi connectivity index (χ4n) is 2.09.